The molecule has 0 amide bonds. The molecule has 0 bridgehead atoms. The summed E-state index contributed by atoms with van der Waals surface area (Å²) < 4.78 is 7.72. The van der Waals surface area contributed by atoms with Gasteiger partial charge in [0.2, 0.25) is 0 Å². The fourth-order valence-electron chi connectivity index (χ4n) is 3.50. The molecule has 4 rings (SSSR count). The van der Waals surface area contributed by atoms with Crippen LogP contribution in [0.2, 0.25) is 10.0 Å². The average molecular weight is 458 g/mol. The Morgan fingerprint density at radius 3 is 2.47 bits per heavy atom. The zero-order chi connectivity index (χ0) is 21.1. The summed E-state index contributed by atoms with van der Waals surface area (Å²) in [5.41, 5.74) is 2.73. The van der Waals surface area contributed by atoms with Crippen molar-refractivity contribution in [3.63, 3.8) is 0 Å². The number of ether oxygens (including phenoxy) is 1. The van der Waals surface area contributed by atoms with Gasteiger partial charge in [0.25, 0.3) is 0 Å². The van der Waals surface area contributed by atoms with Crippen LogP contribution in [-0.4, -0.2) is 16.3 Å². The normalized spacial score (nSPS) is 12.4. The van der Waals surface area contributed by atoms with E-state index in [-0.39, 0.29) is 0 Å². The molecule has 0 saturated carbocycles. The van der Waals surface area contributed by atoms with E-state index < -0.39 is 6.29 Å². The number of aliphatic hydroxyl groups is 1. The number of hydrogen-bond donors (Lipinski definition) is 1. The third kappa shape index (κ3) is 4.53. The molecule has 0 aliphatic heterocycles. The molecule has 154 valence electrons. The Labute approximate surface area is 190 Å². The van der Waals surface area contributed by atoms with E-state index in [4.69, 9.17) is 27.9 Å². The molecule has 0 aliphatic rings. The Hall–Kier alpha value is -1.95. The molecular formula is C24H21Cl2NO2S. The maximum absolute atomic E-state index is 10.9. The minimum atomic E-state index is -1.06. The van der Waals surface area contributed by atoms with Crippen molar-refractivity contribution in [2.45, 2.75) is 29.5 Å². The van der Waals surface area contributed by atoms with Gasteiger partial charge in [-0.15, -0.1) is 0 Å². The smallest absolute Gasteiger partial charge is 0.197 e. The SMILES string of the molecule is CCOC(O)c1c(Sc2ccccc2)c2cc(Cl)ccc2n1Cc1cccc(Cl)c1. The number of halogens is 2. The number of rotatable bonds is 7. The van der Waals surface area contributed by atoms with Crippen LogP contribution in [0.25, 0.3) is 10.9 Å². The monoisotopic (exact) mass is 457 g/mol. The lowest BCUT2D eigenvalue weighted by Gasteiger charge is -2.17. The van der Waals surface area contributed by atoms with Crippen molar-refractivity contribution in [3.8, 4) is 0 Å². The molecule has 0 spiro atoms. The second kappa shape index (κ2) is 9.46. The second-order valence-electron chi connectivity index (χ2n) is 6.81. The van der Waals surface area contributed by atoms with Gasteiger partial charge in [0.05, 0.1) is 5.69 Å². The Morgan fingerprint density at radius 1 is 0.967 bits per heavy atom. The van der Waals surface area contributed by atoms with E-state index in [1.54, 1.807) is 11.8 Å². The van der Waals surface area contributed by atoms with Crippen molar-refractivity contribution >= 4 is 45.9 Å². The molecule has 4 aromatic rings. The van der Waals surface area contributed by atoms with Crippen LogP contribution in [0.4, 0.5) is 0 Å². The van der Waals surface area contributed by atoms with Crippen LogP contribution in [-0.2, 0) is 11.3 Å². The predicted octanol–water partition coefficient (Wildman–Crippen LogP) is 7.18. The third-order valence-electron chi connectivity index (χ3n) is 4.77. The van der Waals surface area contributed by atoms with E-state index in [0.29, 0.717) is 28.9 Å². The van der Waals surface area contributed by atoms with Crippen molar-refractivity contribution in [3.05, 3.63) is 94.1 Å². The molecule has 1 heterocycles. The lowest BCUT2D eigenvalue weighted by molar-refractivity contribution is -0.104. The summed E-state index contributed by atoms with van der Waals surface area (Å²) in [6.07, 6.45) is -1.06. The fourth-order valence-corrected chi connectivity index (χ4v) is 5.00. The topological polar surface area (TPSA) is 34.4 Å². The minimum absolute atomic E-state index is 0.399. The first-order valence-electron chi connectivity index (χ1n) is 9.65. The molecule has 0 radical (unpaired) electrons. The standard InChI is InChI=1S/C24H21Cl2NO2S/c1-2-29-24(28)22-23(30-19-9-4-3-5-10-19)20-14-18(26)11-12-21(20)27(22)15-16-7-6-8-17(25)13-16/h3-14,24,28H,2,15H2,1H3. The van der Waals surface area contributed by atoms with Gasteiger partial charge in [0.15, 0.2) is 6.29 Å². The van der Waals surface area contributed by atoms with Crippen molar-refractivity contribution in [2.24, 2.45) is 0 Å². The molecule has 30 heavy (non-hydrogen) atoms. The molecule has 0 saturated heterocycles. The number of aromatic nitrogens is 1. The Balaban J connectivity index is 1.92. The van der Waals surface area contributed by atoms with Crippen molar-refractivity contribution in [1.29, 1.82) is 0 Å². The van der Waals surface area contributed by atoms with Crippen molar-refractivity contribution in [1.82, 2.24) is 4.57 Å². The van der Waals surface area contributed by atoms with Crippen molar-refractivity contribution in [2.75, 3.05) is 6.61 Å². The lowest BCUT2D eigenvalue weighted by Crippen LogP contribution is -2.12. The average Bonchev–Trinajstić information content (AvgIpc) is 3.01. The number of fused-ring (bicyclic) bond motifs is 1. The maximum atomic E-state index is 10.9. The largest absolute Gasteiger partial charge is 0.363 e. The van der Waals surface area contributed by atoms with Crippen LogP contribution < -0.4 is 0 Å². The van der Waals surface area contributed by atoms with Crippen molar-refractivity contribution < 1.29 is 9.84 Å². The summed E-state index contributed by atoms with van der Waals surface area (Å²) in [7, 11) is 0. The van der Waals surface area contributed by atoms with E-state index in [9.17, 15) is 5.11 Å². The summed E-state index contributed by atoms with van der Waals surface area (Å²) in [5, 5.41) is 13.3. The molecule has 3 nitrogen and oxygen atoms in total. The summed E-state index contributed by atoms with van der Waals surface area (Å²) in [5.74, 6) is 0. The van der Waals surface area contributed by atoms with Gasteiger partial charge in [-0.25, -0.2) is 0 Å². The summed E-state index contributed by atoms with van der Waals surface area (Å²) in [4.78, 5) is 2.01. The molecule has 3 aromatic carbocycles. The minimum Gasteiger partial charge on any atom is -0.363 e. The zero-order valence-corrected chi connectivity index (χ0v) is 18.7. The van der Waals surface area contributed by atoms with Gasteiger partial charge in [0, 0.05) is 43.9 Å². The van der Waals surface area contributed by atoms with Crippen LogP contribution in [0.1, 0.15) is 24.5 Å². The molecule has 1 atom stereocenters. The molecule has 6 heteroatoms. The summed E-state index contributed by atoms with van der Waals surface area (Å²) in [6, 6.07) is 23.6. The number of aliphatic hydroxyl groups excluding tert-OH is 1. The van der Waals surface area contributed by atoms with Gasteiger partial charge < -0.3 is 14.4 Å². The highest BCUT2D eigenvalue weighted by atomic mass is 35.5. The van der Waals surface area contributed by atoms with Crippen LogP contribution in [0.3, 0.4) is 0 Å². The highest BCUT2D eigenvalue weighted by Gasteiger charge is 2.24. The lowest BCUT2D eigenvalue weighted by atomic mass is 10.2. The first-order chi connectivity index (χ1) is 14.6. The third-order valence-corrected chi connectivity index (χ3v) is 6.38. The van der Waals surface area contributed by atoms with E-state index in [1.165, 1.54) is 0 Å². The molecule has 1 unspecified atom stereocenters. The fraction of sp³-hybridized carbons (Fsp3) is 0.167. The van der Waals surface area contributed by atoms with E-state index >= 15 is 0 Å². The van der Waals surface area contributed by atoms with Crippen LogP contribution in [0.15, 0.2) is 82.6 Å². The number of benzene rings is 3. The van der Waals surface area contributed by atoms with E-state index in [1.807, 2.05) is 79.7 Å². The molecule has 0 aliphatic carbocycles. The highest BCUT2D eigenvalue weighted by molar-refractivity contribution is 7.99. The maximum Gasteiger partial charge on any atom is 0.197 e. The van der Waals surface area contributed by atoms with Gasteiger partial charge in [-0.1, -0.05) is 65.3 Å². The first kappa shape index (κ1) is 21.3. The molecule has 1 N–H and O–H groups in total. The van der Waals surface area contributed by atoms with Crippen LogP contribution in [0.5, 0.6) is 0 Å². The van der Waals surface area contributed by atoms with Crippen LogP contribution in [0, 0.1) is 0 Å². The van der Waals surface area contributed by atoms with Gasteiger partial charge in [-0.05, 0) is 55.0 Å². The Bertz CT molecular complexity index is 1160. The van der Waals surface area contributed by atoms with E-state index in [2.05, 4.69) is 4.57 Å². The van der Waals surface area contributed by atoms with Gasteiger partial charge in [-0.3, -0.25) is 0 Å². The van der Waals surface area contributed by atoms with Gasteiger partial charge >= 0.3 is 0 Å². The predicted molar refractivity (Wildman–Crippen MR) is 125 cm³/mol. The highest BCUT2D eigenvalue weighted by Crippen LogP contribution is 2.42. The Kier molecular flexibility index (Phi) is 6.71. The first-order valence-corrected chi connectivity index (χ1v) is 11.2. The number of hydrogen-bond acceptors (Lipinski definition) is 3. The molecule has 0 fully saturated rings. The molecular weight excluding hydrogens is 437 g/mol. The Morgan fingerprint density at radius 2 is 1.73 bits per heavy atom. The zero-order valence-electron chi connectivity index (χ0n) is 16.4. The van der Waals surface area contributed by atoms with Gasteiger partial charge in [0.1, 0.15) is 0 Å². The quantitative estimate of drug-likeness (QED) is 0.298. The molecule has 1 aromatic heterocycles. The summed E-state index contributed by atoms with van der Waals surface area (Å²) >= 11 is 14.2. The number of nitrogens with zero attached hydrogens (tertiary/aromatic N) is 1. The summed E-state index contributed by atoms with van der Waals surface area (Å²) in [6.45, 7) is 2.82. The van der Waals surface area contributed by atoms with Crippen LogP contribution >= 0.6 is 35.0 Å². The second-order valence-corrected chi connectivity index (χ2v) is 8.77. The van der Waals surface area contributed by atoms with Gasteiger partial charge in [-0.2, -0.15) is 0 Å². The van der Waals surface area contributed by atoms with E-state index in [0.717, 1.165) is 26.3 Å².